The Morgan fingerprint density at radius 3 is 2.65 bits per heavy atom. The number of hydrogen-bond donors (Lipinski definition) is 1. The number of hydrogen-bond acceptors (Lipinski definition) is 5. The number of thiophene rings is 1. The first kappa shape index (κ1) is 19.2. The summed E-state index contributed by atoms with van der Waals surface area (Å²) in [6.07, 6.45) is 0. The van der Waals surface area contributed by atoms with Gasteiger partial charge < -0.3 is 9.88 Å². The Hall–Kier alpha value is -1.54. The monoisotopic (exact) mass is 426 g/mol. The molecular formula is C17H16Cl2N4OS2. The zero-order valence-corrected chi connectivity index (χ0v) is 17.2. The number of aromatic nitrogens is 3. The largest absolute Gasteiger partial charge is 0.325 e. The highest BCUT2D eigenvalue weighted by Crippen LogP contribution is 2.30. The summed E-state index contributed by atoms with van der Waals surface area (Å²) in [5.41, 5.74) is 0.566. The van der Waals surface area contributed by atoms with Crippen LogP contribution >= 0.6 is 46.3 Å². The van der Waals surface area contributed by atoms with E-state index in [0.717, 1.165) is 17.2 Å². The first-order valence-electron chi connectivity index (χ1n) is 7.88. The van der Waals surface area contributed by atoms with Crippen LogP contribution in [0.25, 0.3) is 10.7 Å². The van der Waals surface area contributed by atoms with Crippen LogP contribution in [0, 0.1) is 0 Å². The second-order valence-corrected chi connectivity index (χ2v) is 8.56. The van der Waals surface area contributed by atoms with E-state index in [1.54, 1.807) is 29.5 Å². The van der Waals surface area contributed by atoms with E-state index in [9.17, 15) is 4.79 Å². The van der Waals surface area contributed by atoms with Crippen LogP contribution in [-0.2, 0) is 11.3 Å². The first-order valence-corrected chi connectivity index (χ1v) is 10.4. The van der Waals surface area contributed by atoms with Crippen LogP contribution < -0.4 is 5.32 Å². The Bertz CT molecular complexity index is 891. The minimum Gasteiger partial charge on any atom is -0.325 e. The molecule has 2 aromatic heterocycles. The Labute approximate surface area is 169 Å². The van der Waals surface area contributed by atoms with Crippen LogP contribution in [-0.4, -0.2) is 25.9 Å². The molecule has 26 heavy (non-hydrogen) atoms. The lowest BCUT2D eigenvalue weighted by Crippen LogP contribution is -2.23. The van der Waals surface area contributed by atoms with Crippen molar-refractivity contribution in [3.63, 3.8) is 0 Å². The average molecular weight is 427 g/mol. The highest BCUT2D eigenvalue weighted by molar-refractivity contribution is 8.00. The number of anilines is 1. The summed E-state index contributed by atoms with van der Waals surface area (Å²) in [6, 6.07) is 8.92. The van der Waals surface area contributed by atoms with E-state index < -0.39 is 0 Å². The molecule has 2 heterocycles. The van der Waals surface area contributed by atoms with Gasteiger partial charge in [0, 0.05) is 22.3 Å². The fourth-order valence-corrected chi connectivity index (χ4v) is 4.49. The van der Waals surface area contributed by atoms with E-state index >= 15 is 0 Å². The highest BCUT2D eigenvalue weighted by atomic mass is 35.5. The molecule has 1 N–H and O–H groups in total. The minimum atomic E-state index is -0.363. The molecule has 3 rings (SSSR count). The number of amides is 1. The molecule has 1 unspecified atom stereocenters. The number of carbonyl (C=O) groups excluding carboxylic acids is 1. The maximum Gasteiger partial charge on any atom is 0.237 e. The van der Waals surface area contributed by atoms with E-state index in [1.807, 2.05) is 35.9 Å². The Morgan fingerprint density at radius 1 is 1.31 bits per heavy atom. The predicted molar refractivity (Wildman–Crippen MR) is 109 cm³/mol. The lowest BCUT2D eigenvalue weighted by Gasteiger charge is -2.13. The average Bonchev–Trinajstić information content (AvgIpc) is 3.22. The molecule has 0 spiro atoms. The molecule has 0 bridgehead atoms. The van der Waals surface area contributed by atoms with E-state index in [1.165, 1.54) is 11.8 Å². The van der Waals surface area contributed by atoms with Crippen molar-refractivity contribution in [2.45, 2.75) is 30.8 Å². The number of halogens is 2. The van der Waals surface area contributed by atoms with Gasteiger partial charge in [0.1, 0.15) is 0 Å². The minimum absolute atomic E-state index is 0.156. The van der Waals surface area contributed by atoms with Gasteiger partial charge in [-0.25, -0.2) is 0 Å². The number of nitrogens with one attached hydrogen (secondary N) is 1. The number of benzene rings is 1. The third kappa shape index (κ3) is 4.40. The van der Waals surface area contributed by atoms with Gasteiger partial charge in [0.15, 0.2) is 11.0 Å². The molecule has 0 aliphatic rings. The van der Waals surface area contributed by atoms with E-state index in [4.69, 9.17) is 23.2 Å². The summed E-state index contributed by atoms with van der Waals surface area (Å²) in [7, 11) is 0. The molecule has 1 amide bonds. The number of nitrogens with zero attached hydrogens (tertiary/aromatic N) is 3. The zero-order valence-electron chi connectivity index (χ0n) is 14.1. The third-order valence-electron chi connectivity index (χ3n) is 3.56. The summed E-state index contributed by atoms with van der Waals surface area (Å²) in [5.74, 6) is 0.663. The van der Waals surface area contributed by atoms with Crippen LogP contribution in [0.2, 0.25) is 10.0 Å². The van der Waals surface area contributed by atoms with Crippen molar-refractivity contribution in [3.8, 4) is 10.7 Å². The molecular weight excluding hydrogens is 411 g/mol. The fourth-order valence-electron chi connectivity index (χ4n) is 2.33. The summed E-state index contributed by atoms with van der Waals surface area (Å²) in [4.78, 5) is 13.6. The number of thioether (sulfide) groups is 1. The molecule has 1 aromatic carbocycles. The van der Waals surface area contributed by atoms with Gasteiger partial charge in [0.2, 0.25) is 5.91 Å². The van der Waals surface area contributed by atoms with Crippen molar-refractivity contribution in [1.29, 1.82) is 0 Å². The lowest BCUT2D eigenvalue weighted by molar-refractivity contribution is -0.115. The van der Waals surface area contributed by atoms with Crippen LogP contribution in [0.4, 0.5) is 5.69 Å². The van der Waals surface area contributed by atoms with Crippen LogP contribution in [0.1, 0.15) is 13.8 Å². The standard InChI is InChI=1S/C17H16Cl2N4OS2/c1-3-23-15(14-5-4-6-25-14)21-22-17(23)26-10(2)16(24)20-13-8-11(18)7-12(19)9-13/h4-10H,3H2,1-2H3,(H,20,24). The summed E-state index contributed by atoms with van der Waals surface area (Å²) in [6.45, 7) is 4.58. The van der Waals surface area contributed by atoms with Crippen molar-refractivity contribution in [1.82, 2.24) is 14.8 Å². The van der Waals surface area contributed by atoms with Crippen molar-refractivity contribution in [2.75, 3.05) is 5.32 Å². The normalized spacial score (nSPS) is 12.2. The van der Waals surface area contributed by atoms with Gasteiger partial charge in [-0.1, -0.05) is 41.0 Å². The maximum atomic E-state index is 12.5. The number of rotatable bonds is 6. The van der Waals surface area contributed by atoms with Gasteiger partial charge in [-0.3, -0.25) is 4.79 Å². The van der Waals surface area contributed by atoms with Crippen molar-refractivity contribution < 1.29 is 4.79 Å². The molecule has 1 atom stereocenters. The molecule has 0 fully saturated rings. The Balaban J connectivity index is 1.73. The highest BCUT2D eigenvalue weighted by Gasteiger charge is 2.21. The predicted octanol–water partition coefficient (Wildman–Crippen LogP) is 5.45. The molecule has 0 saturated carbocycles. The van der Waals surface area contributed by atoms with Gasteiger partial charge in [-0.2, -0.15) is 0 Å². The van der Waals surface area contributed by atoms with Gasteiger partial charge in [-0.05, 0) is 43.5 Å². The van der Waals surface area contributed by atoms with E-state index in [0.29, 0.717) is 20.9 Å². The topological polar surface area (TPSA) is 59.8 Å². The lowest BCUT2D eigenvalue weighted by atomic mass is 10.3. The summed E-state index contributed by atoms with van der Waals surface area (Å²) in [5, 5.41) is 14.7. The summed E-state index contributed by atoms with van der Waals surface area (Å²) >= 11 is 14.9. The summed E-state index contributed by atoms with van der Waals surface area (Å²) < 4.78 is 2.01. The van der Waals surface area contributed by atoms with Crippen molar-refractivity contribution in [3.05, 3.63) is 45.8 Å². The second-order valence-electron chi connectivity index (χ2n) is 5.44. The van der Waals surface area contributed by atoms with Crippen molar-refractivity contribution in [2.24, 2.45) is 0 Å². The SMILES string of the molecule is CCn1c(SC(C)C(=O)Nc2cc(Cl)cc(Cl)c2)nnc1-c1cccs1. The Morgan fingerprint density at radius 2 is 2.04 bits per heavy atom. The van der Waals surface area contributed by atoms with Gasteiger partial charge >= 0.3 is 0 Å². The van der Waals surface area contributed by atoms with Crippen LogP contribution in [0.3, 0.4) is 0 Å². The van der Waals surface area contributed by atoms with Crippen LogP contribution in [0.5, 0.6) is 0 Å². The van der Waals surface area contributed by atoms with Gasteiger partial charge in [-0.15, -0.1) is 21.5 Å². The fraction of sp³-hybridized carbons (Fsp3) is 0.235. The molecule has 0 aliphatic carbocycles. The van der Waals surface area contributed by atoms with Crippen molar-refractivity contribution >= 4 is 57.9 Å². The second kappa shape index (κ2) is 8.43. The molecule has 9 heteroatoms. The first-order chi connectivity index (χ1) is 12.5. The van der Waals surface area contributed by atoms with Gasteiger partial charge in [0.05, 0.1) is 10.1 Å². The molecule has 5 nitrogen and oxygen atoms in total. The van der Waals surface area contributed by atoms with Crippen LogP contribution in [0.15, 0.2) is 40.9 Å². The molecule has 0 saturated heterocycles. The maximum absolute atomic E-state index is 12.5. The molecule has 0 radical (unpaired) electrons. The molecule has 0 aliphatic heterocycles. The third-order valence-corrected chi connectivity index (χ3v) is 5.94. The molecule has 136 valence electrons. The zero-order chi connectivity index (χ0) is 18.7. The Kier molecular flexibility index (Phi) is 6.24. The van der Waals surface area contributed by atoms with Gasteiger partial charge in [0.25, 0.3) is 0 Å². The quantitative estimate of drug-likeness (QED) is 0.532. The van der Waals surface area contributed by atoms with E-state index in [2.05, 4.69) is 15.5 Å². The van der Waals surface area contributed by atoms with E-state index in [-0.39, 0.29) is 11.2 Å². The molecule has 3 aromatic rings. The number of carbonyl (C=O) groups is 1. The smallest absolute Gasteiger partial charge is 0.237 e.